The van der Waals surface area contributed by atoms with Gasteiger partial charge in [0.15, 0.2) is 20.3 Å². The monoisotopic (exact) mass is 301 g/mol. The molecule has 1 N–H and O–H groups in total. The van der Waals surface area contributed by atoms with Crippen LogP contribution in [0.1, 0.15) is 10.6 Å². The zero-order valence-electron chi connectivity index (χ0n) is 10.4. The molecule has 1 aromatic heterocycles. The van der Waals surface area contributed by atoms with Crippen LogP contribution in [-0.2, 0) is 16.8 Å². The fourth-order valence-electron chi connectivity index (χ4n) is 2.11. The highest BCUT2D eigenvalue weighted by Crippen LogP contribution is 2.33. The van der Waals surface area contributed by atoms with E-state index in [9.17, 15) is 4.79 Å². The van der Waals surface area contributed by atoms with Crippen molar-refractivity contribution in [2.75, 3.05) is 0 Å². The van der Waals surface area contributed by atoms with E-state index in [-0.39, 0.29) is 5.78 Å². The summed E-state index contributed by atoms with van der Waals surface area (Å²) in [7, 11) is 0. The van der Waals surface area contributed by atoms with E-state index in [1.54, 1.807) is 18.4 Å². The van der Waals surface area contributed by atoms with Gasteiger partial charge in [-0.2, -0.15) is 5.10 Å². The quantitative estimate of drug-likeness (QED) is 0.883. The Bertz CT molecular complexity index is 731. The molecule has 0 radical (unpaired) electrons. The molecule has 0 spiro atoms. The number of Topliss-reactive ketones (excluding diaryl/α,β-unsaturated/α-hetero) is 1. The summed E-state index contributed by atoms with van der Waals surface area (Å²) in [6, 6.07) is 9.63. The second-order valence-corrected chi connectivity index (χ2v) is 6.07. The highest BCUT2D eigenvalue weighted by Gasteiger charge is 2.41. The SMILES string of the molecule is O=C(Cc1ccccc1)C1(c2n[nH]c(=S)s2)C=CC=N1. The number of hydrogen-bond acceptors (Lipinski definition) is 5. The molecule has 0 fully saturated rings. The zero-order valence-corrected chi connectivity index (χ0v) is 12.1. The van der Waals surface area contributed by atoms with E-state index < -0.39 is 5.54 Å². The maximum atomic E-state index is 12.7. The van der Waals surface area contributed by atoms with E-state index in [1.165, 1.54) is 11.3 Å². The Morgan fingerprint density at radius 2 is 2.15 bits per heavy atom. The molecule has 2 heterocycles. The van der Waals surface area contributed by atoms with Gasteiger partial charge in [0.05, 0.1) is 0 Å². The number of H-pyrrole nitrogens is 1. The molecule has 0 saturated carbocycles. The number of nitrogens with one attached hydrogen (secondary N) is 1. The summed E-state index contributed by atoms with van der Waals surface area (Å²) in [5, 5.41) is 7.44. The van der Waals surface area contributed by atoms with Gasteiger partial charge >= 0.3 is 0 Å². The van der Waals surface area contributed by atoms with Crippen LogP contribution in [0.5, 0.6) is 0 Å². The molecule has 1 aliphatic rings. The number of aromatic nitrogens is 2. The van der Waals surface area contributed by atoms with Gasteiger partial charge in [0.1, 0.15) is 0 Å². The van der Waals surface area contributed by atoms with Gasteiger partial charge in [-0.3, -0.25) is 14.9 Å². The van der Waals surface area contributed by atoms with Crippen LogP contribution in [0.25, 0.3) is 0 Å². The average molecular weight is 301 g/mol. The fourth-order valence-corrected chi connectivity index (χ4v) is 3.14. The summed E-state index contributed by atoms with van der Waals surface area (Å²) in [6.07, 6.45) is 5.50. The molecule has 0 aliphatic carbocycles. The lowest BCUT2D eigenvalue weighted by molar-refractivity contribution is -0.122. The van der Waals surface area contributed by atoms with Gasteiger partial charge in [0.25, 0.3) is 0 Å². The first-order chi connectivity index (χ1) is 9.71. The van der Waals surface area contributed by atoms with Crippen LogP contribution >= 0.6 is 23.6 Å². The van der Waals surface area contributed by atoms with E-state index in [2.05, 4.69) is 15.2 Å². The Morgan fingerprint density at radius 1 is 1.35 bits per heavy atom. The lowest BCUT2D eigenvalue weighted by Gasteiger charge is -2.19. The molecule has 1 aliphatic heterocycles. The standard InChI is InChI=1S/C14H11N3OS2/c18-11(9-10-5-2-1-3-6-10)14(7-4-8-15-14)12-16-17-13(19)20-12/h1-8H,9H2,(H,17,19). The minimum absolute atomic E-state index is 0.00792. The van der Waals surface area contributed by atoms with Gasteiger partial charge in [0, 0.05) is 12.6 Å². The third-order valence-corrected chi connectivity index (χ3v) is 4.31. The Balaban J connectivity index is 1.96. The number of ketones is 1. The molecule has 0 saturated heterocycles. The first-order valence-electron chi connectivity index (χ1n) is 6.07. The third kappa shape index (κ3) is 2.28. The van der Waals surface area contributed by atoms with Gasteiger partial charge in [-0.1, -0.05) is 41.7 Å². The van der Waals surface area contributed by atoms with E-state index in [1.807, 2.05) is 30.3 Å². The van der Waals surface area contributed by atoms with Crippen LogP contribution in [0.4, 0.5) is 0 Å². The van der Waals surface area contributed by atoms with Crippen molar-refractivity contribution in [3.63, 3.8) is 0 Å². The van der Waals surface area contributed by atoms with Gasteiger partial charge in [0.2, 0.25) is 0 Å². The van der Waals surface area contributed by atoms with Crippen molar-refractivity contribution in [2.24, 2.45) is 4.99 Å². The molecule has 6 heteroatoms. The number of nitrogens with zero attached hydrogens (tertiary/aromatic N) is 2. The molecule has 20 heavy (non-hydrogen) atoms. The van der Waals surface area contributed by atoms with Crippen LogP contribution in [0.2, 0.25) is 0 Å². The lowest BCUT2D eigenvalue weighted by atomic mass is 9.91. The van der Waals surface area contributed by atoms with Crippen LogP contribution in [-0.4, -0.2) is 22.2 Å². The topological polar surface area (TPSA) is 58.1 Å². The molecule has 1 atom stereocenters. The van der Waals surface area contributed by atoms with Gasteiger partial charge < -0.3 is 0 Å². The largest absolute Gasteiger partial charge is 0.296 e. The molecule has 4 nitrogen and oxygen atoms in total. The number of aromatic amines is 1. The average Bonchev–Trinajstić information content (AvgIpc) is 3.09. The molecule has 2 aromatic rings. The van der Waals surface area contributed by atoms with Crippen molar-refractivity contribution in [3.8, 4) is 0 Å². The molecule has 1 unspecified atom stereocenters. The Morgan fingerprint density at radius 3 is 2.75 bits per heavy atom. The van der Waals surface area contributed by atoms with E-state index >= 15 is 0 Å². The smallest absolute Gasteiger partial charge is 0.190 e. The van der Waals surface area contributed by atoms with Crippen molar-refractivity contribution >= 4 is 35.6 Å². The van der Waals surface area contributed by atoms with Crippen LogP contribution in [0.3, 0.4) is 0 Å². The summed E-state index contributed by atoms with van der Waals surface area (Å²) >= 11 is 6.33. The highest BCUT2D eigenvalue weighted by molar-refractivity contribution is 7.73. The Labute approximate surface area is 124 Å². The molecule has 100 valence electrons. The molecular formula is C14H11N3OS2. The lowest BCUT2D eigenvalue weighted by Crippen LogP contribution is -2.32. The maximum absolute atomic E-state index is 12.7. The van der Waals surface area contributed by atoms with E-state index in [0.717, 1.165) is 5.56 Å². The number of hydrogen-bond donors (Lipinski definition) is 1. The van der Waals surface area contributed by atoms with Gasteiger partial charge in [-0.05, 0) is 29.9 Å². The minimum Gasteiger partial charge on any atom is -0.296 e. The Kier molecular flexibility index (Phi) is 3.42. The molecule has 3 rings (SSSR count). The summed E-state index contributed by atoms with van der Waals surface area (Å²) in [5.41, 5.74) is -0.0554. The van der Waals surface area contributed by atoms with Gasteiger partial charge in [-0.15, -0.1) is 0 Å². The van der Waals surface area contributed by atoms with E-state index in [4.69, 9.17) is 12.2 Å². The predicted molar refractivity (Wildman–Crippen MR) is 81.8 cm³/mol. The summed E-state index contributed by atoms with van der Waals surface area (Å²) < 4.78 is 0.544. The predicted octanol–water partition coefficient (Wildman–Crippen LogP) is 2.85. The Hall–Kier alpha value is -1.92. The number of rotatable bonds is 4. The number of aliphatic imine (C=N–C) groups is 1. The summed E-state index contributed by atoms with van der Waals surface area (Å²) in [5.74, 6) is -0.00792. The van der Waals surface area contributed by atoms with Crippen molar-refractivity contribution in [1.29, 1.82) is 0 Å². The molecule has 0 bridgehead atoms. The first kappa shape index (κ1) is 13.1. The molecule has 0 amide bonds. The number of allylic oxidation sites excluding steroid dienone is 1. The van der Waals surface area contributed by atoms with Crippen molar-refractivity contribution in [2.45, 2.75) is 12.0 Å². The number of carbonyl (C=O) groups is 1. The summed E-state index contributed by atoms with van der Waals surface area (Å²) in [4.78, 5) is 17.0. The first-order valence-corrected chi connectivity index (χ1v) is 7.29. The fraction of sp³-hybridized carbons (Fsp3) is 0.143. The second-order valence-electron chi connectivity index (χ2n) is 4.41. The number of benzene rings is 1. The van der Waals surface area contributed by atoms with Crippen molar-refractivity contribution < 1.29 is 4.79 Å². The highest BCUT2D eigenvalue weighted by atomic mass is 32.1. The van der Waals surface area contributed by atoms with Crippen molar-refractivity contribution in [3.05, 3.63) is 57.0 Å². The van der Waals surface area contributed by atoms with Crippen LogP contribution < -0.4 is 0 Å². The molecule has 1 aromatic carbocycles. The van der Waals surface area contributed by atoms with Crippen LogP contribution in [0.15, 0.2) is 47.5 Å². The molecular weight excluding hydrogens is 290 g/mol. The zero-order chi connectivity index (χ0) is 14.0. The second kappa shape index (κ2) is 5.22. The summed E-state index contributed by atoms with van der Waals surface area (Å²) in [6.45, 7) is 0. The van der Waals surface area contributed by atoms with Crippen molar-refractivity contribution in [1.82, 2.24) is 10.2 Å². The van der Waals surface area contributed by atoms with Crippen LogP contribution in [0, 0.1) is 3.95 Å². The van der Waals surface area contributed by atoms with Gasteiger partial charge in [-0.25, -0.2) is 0 Å². The van der Waals surface area contributed by atoms with E-state index in [0.29, 0.717) is 15.4 Å². The number of carbonyl (C=O) groups excluding carboxylic acids is 1. The minimum atomic E-state index is -1.02. The normalized spacial score (nSPS) is 20.4. The third-order valence-electron chi connectivity index (χ3n) is 3.10. The maximum Gasteiger partial charge on any atom is 0.190 e.